The second-order valence-corrected chi connectivity index (χ2v) is 7.00. The first-order valence-corrected chi connectivity index (χ1v) is 8.30. The van der Waals surface area contributed by atoms with E-state index in [-0.39, 0.29) is 5.91 Å². The molecule has 0 bridgehead atoms. The molecular weight excluding hydrogens is 316 g/mol. The van der Waals surface area contributed by atoms with Gasteiger partial charge in [0.15, 0.2) is 5.13 Å². The molecule has 22 heavy (non-hydrogen) atoms. The molecular formula is C17H13ClN2OS. The predicted octanol–water partition coefficient (Wildman–Crippen LogP) is 4.62. The molecule has 110 valence electrons. The fourth-order valence-corrected chi connectivity index (χ4v) is 3.67. The fourth-order valence-electron chi connectivity index (χ4n) is 2.68. The Labute approximate surface area is 136 Å². The van der Waals surface area contributed by atoms with Gasteiger partial charge in [-0.2, -0.15) is 0 Å². The topological polar surface area (TPSA) is 42.0 Å². The molecule has 0 unspecified atom stereocenters. The number of benzene rings is 2. The summed E-state index contributed by atoms with van der Waals surface area (Å²) in [4.78, 5) is 17.1. The first-order valence-electron chi connectivity index (χ1n) is 7.10. The van der Waals surface area contributed by atoms with Gasteiger partial charge in [0, 0.05) is 5.02 Å². The second-order valence-electron chi connectivity index (χ2n) is 5.53. The van der Waals surface area contributed by atoms with E-state index < -0.39 is 5.41 Å². The SMILES string of the molecule is O=C(Nc1nc2ccccc2s1)C1(c2ccc(Cl)cc2)CC1. The van der Waals surface area contributed by atoms with Crippen molar-refractivity contribution in [2.45, 2.75) is 18.3 Å². The summed E-state index contributed by atoms with van der Waals surface area (Å²) in [6.07, 6.45) is 1.73. The molecule has 1 aromatic heterocycles. The summed E-state index contributed by atoms with van der Waals surface area (Å²) < 4.78 is 1.08. The highest BCUT2D eigenvalue weighted by molar-refractivity contribution is 7.22. The van der Waals surface area contributed by atoms with Gasteiger partial charge >= 0.3 is 0 Å². The van der Waals surface area contributed by atoms with Crippen molar-refractivity contribution in [2.24, 2.45) is 0 Å². The lowest BCUT2D eigenvalue weighted by Crippen LogP contribution is -2.27. The lowest BCUT2D eigenvalue weighted by Gasteiger charge is -2.14. The zero-order valence-corrected chi connectivity index (χ0v) is 13.2. The Morgan fingerprint density at radius 2 is 1.86 bits per heavy atom. The maximum Gasteiger partial charge on any atom is 0.236 e. The van der Waals surface area contributed by atoms with Crippen LogP contribution in [0, 0.1) is 0 Å². The van der Waals surface area contributed by atoms with Crippen LogP contribution < -0.4 is 5.32 Å². The van der Waals surface area contributed by atoms with Crippen molar-refractivity contribution in [3.8, 4) is 0 Å². The Morgan fingerprint density at radius 3 is 2.55 bits per heavy atom. The van der Waals surface area contributed by atoms with Crippen LogP contribution in [-0.4, -0.2) is 10.9 Å². The number of hydrogen-bond acceptors (Lipinski definition) is 3. The summed E-state index contributed by atoms with van der Waals surface area (Å²) in [5, 5.41) is 4.33. The normalized spacial score (nSPS) is 15.7. The second kappa shape index (κ2) is 5.07. The number of para-hydroxylation sites is 1. The third-order valence-electron chi connectivity index (χ3n) is 4.10. The van der Waals surface area contributed by atoms with Crippen molar-refractivity contribution < 1.29 is 4.79 Å². The monoisotopic (exact) mass is 328 g/mol. The Kier molecular flexibility index (Phi) is 3.17. The van der Waals surface area contributed by atoms with Crippen molar-refractivity contribution in [2.75, 3.05) is 5.32 Å². The number of thiazole rings is 1. The number of hydrogen-bond donors (Lipinski definition) is 1. The molecule has 2 aromatic carbocycles. The summed E-state index contributed by atoms with van der Waals surface area (Å²) in [6.45, 7) is 0. The lowest BCUT2D eigenvalue weighted by atomic mass is 9.95. The van der Waals surface area contributed by atoms with Gasteiger partial charge in [0.2, 0.25) is 5.91 Å². The average Bonchev–Trinajstić information content (AvgIpc) is 3.23. The van der Waals surface area contributed by atoms with Crippen LogP contribution in [0.1, 0.15) is 18.4 Å². The molecule has 0 saturated heterocycles. The Balaban J connectivity index is 1.60. The average molecular weight is 329 g/mol. The molecule has 1 heterocycles. The third-order valence-corrected chi connectivity index (χ3v) is 5.30. The summed E-state index contributed by atoms with van der Waals surface area (Å²) in [6, 6.07) is 15.4. The number of aromatic nitrogens is 1. The minimum absolute atomic E-state index is 0.0221. The molecule has 1 amide bonds. The van der Waals surface area contributed by atoms with Gasteiger partial charge < -0.3 is 5.32 Å². The van der Waals surface area contributed by atoms with E-state index in [0.717, 1.165) is 28.6 Å². The van der Waals surface area contributed by atoms with Gasteiger partial charge in [-0.3, -0.25) is 4.79 Å². The lowest BCUT2D eigenvalue weighted by molar-refractivity contribution is -0.118. The number of nitrogens with zero attached hydrogens (tertiary/aromatic N) is 1. The van der Waals surface area contributed by atoms with Crippen molar-refractivity contribution in [1.29, 1.82) is 0 Å². The highest BCUT2D eigenvalue weighted by Crippen LogP contribution is 2.49. The maximum atomic E-state index is 12.7. The molecule has 1 N–H and O–H groups in total. The zero-order chi connectivity index (χ0) is 15.2. The number of nitrogens with one attached hydrogen (secondary N) is 1. The maximum absolute atomic E-state index is 12.7. The van der Waals surface area contributed by atoms with E-state index in [1.54, 1.807) is 0 Å². The van der Waals surface area contributed by atoms with E-state index in [1.165, 1.54) is 11.3 Å². The van der Waals surface area contributed by atoms with Crippen LogP contribution in [-0.2, 0) is 10.2 Å². The van der Waals surface area contributed by atoms with Gasteiger partial charge in [-0.25, -0.2) is 4.98 Å². The van der Waals surface area contributed by atoms with Crippen LogP contribution in [0.5, 0.6) is 0 Å². The van der Waals surface area contributed by atoms with Crippen molar-refractivity contribution in [3.05, 3.63) is 59.1 Å². The van der Waals surface area contributed by atoms with E-state index in [0.29, 0.717) is 10.2 Å². The molecule has 1 aliphatic carbocycles. The molecule has 0 spiro atoms. The van der Waals surface area contributed by atoms with Crippen LogP contribution in [0.3, 0.4) is 0 Å². The Morgan fingerprint density at radius 1 is 1.14 bits per heavy atom. The minimum Gasteiger partial charge on any atom is -0.301 e. The number of carbonyl (C=O) groups is 1. The van der Waals surface area contributed by atoms with E-state index in [1.807, 2.05) is 48.5 Å². The summed E-state index contributed by atoms with van der Waals surface area (Å²) >= 11 is 7.43. The zero-order valence-electron chi connectivity index (χ0n) is 11.7. The van der Waals surface area contributed by atoms with Crippen LogP contribution >= 0.6 is 22.9 Å². The van der Waals surface area contributed by atoms with E-state index >= 15 is 0 Å². The van der Waals surface area contributed by atoms with Gasteiger partial charge in [0.1, 0.15) is 0 Å². The smallest absolute Gasteiger partial charge is 0.236 e. The molecule has 1 aliphatic rings. The van der Waals surface area contributed by atoms with Gasteiger partial charge in [-0.1, -0.05) is 47.2 Å². The third kappa shape index (κ3) is 2.28. The number of halogens is 1. The predicted molar refractivity (Wildman–Crippen MR) is 90.6 cm³/mol. The van der Waals surface area contributed by atoms with E-state index in [2.05, 4.69) is 10.3 Å². The summed E-state index contributed by atoms with van der Waals surface area (Å²) in [5.74, 6) is 0.0221. The molecule has 5 heteroatoms. The van der Waals surface area contributed by atoms with Gasteiger partial charge in [0.25, 0.3) is 0 Å². The van der Waals surface area contributed by atoms with Gasteiger partial charge in [0.05, 0.1) is 15.6 Å². The largest absolute Gasteiger partial charge is 0.301 e. The van der Waals surface area contributed by atoms with Crippen LogP contribution in [0.25, 0.3) is 10.2 Å². The number of fused-ring (bicyclic) bond motifs is 1. The summed E-state index contributed by atoms with van der Waals surface area (Å²) in [7, 11) is 0. The van der Waals surface area contributed by atoms with Crippen molar-refractivity contribution in [3.63, 3.8) is 0 Å². The Hall–Kier alpha value is -1.91. The molecule has 4 rings (SSSR count). The van der Waals surface area contributed by atoms with Crippen LogP contribution in [0.4, 0.5) is 5.13 Å². The first kappa shape index (κ1) is 13.7. The highest BCUT2D eigenvalue weighted by Gasteiger charge is 2.51. The van der Waals surface area contributed by atoms with Gasteiger partial charge in [-0.05, 0) is 42.7 Å². The number of anilines is 1. The quantitative estimate of drug-likeness (QED) is 0.762. The standard InChI is InChI=1S/C17H13ClN2OS/c18-12-7-5-11(6-8-12)17(9-10-17)15(21)20-16-19-13-3-1-2-4-14(13)22-16/h1-8H,9-10H2,(H,19,20,21). The highest BCUT2D eigenvalue weighted by atomic mass is 35.5. The van der Waals surface area contributed by atoms with Crippen molar-refractivity contribution in [1.82, 2.24) is 4.98 Å². The molecule has 1 saturated carbocycles. The number of rotatable bonds is 3. The number of amides is 1. The first-order chi connectivity index (χ1) is 10.7. The van der Waals surface area contributed by atoms with E-state index in [9.17, 15) is 4.79 Å². The molecule has 0 aliphatic heterocycles. The minimum atomic E-state index is -0.414. The molecule has 3 nitrogen and oxygen atoms in total. The molecule has 1 fully saturated rings. The molecule has 3 aromatic rings. The van der Waals surface area contributed by atoms with Gasteiger partial charge in [-0.15, -0.1) is 0 Å². The number of carbonyl (C=O) groups excluding carboxylic acids is 1. The fraction of sp³-hybridized carbons (Fsp3) is 0.176. The van der Waals surface area contributed by atoms with Crippen LogP contribution in [0.15, 0.2) is 48.5 Å². The van der Waals surface area contributed by atoms with E-state index in [4.69, 9.17) is 11.6 Å². The molecule has 0 atom stereocenters. The van der Waals surface area contributed by atoms with Crippen molar-refractivity contribution >= 4 is 44.2 Å². The summed E-state index contributed by atoms with van der Waals surface area (Å²) in [5.41, 5.74) is 1.53. The van der Waals surface area contributed by atoms with Crippen LogP contribution in [0.2, 0.25) is 5.02 Å². The molecule has 0 radical (unpaired) electrons. The Bertz CT molecular complexity index is 819.